The van der Waals surface area contributed by atoms with Gasteiger partial charge in [0.25, 0.3) is 0 Å². The third kappa shape index (κ3) is 2.07. The normalized spacial score (nSPS) is 11.0. The first-order chi connectivity index (χ1) is 10.3. The molecule has 4 heteroatoms. The van der Waals surface area contributed by atoms with Crippen molar-refractivity contribution < 1.29 is 14.3 Å². The number of phenols is 1. The van der Waals surface area contributed by atoms with E-state index in [1.54, 1.807) is 12.1 Å². The summed E-state index contributed by atoms with van der Waals surface area (Å²) in [5, 5.41) is 12.0. The van der Waals surface area contributed by atoms with Crippen molar-refractivity contribution in [3.05, 3.63) is 60.7 Å². The second-order valence-electron chi connectivity index (χ2n) is 4.72. The van der Waals surface area contributed by atoms with Gasteiger partial charge < -0.3 is 14.3 Å². The molecule has 0 bridgehead atoms. The van der Waals surface area contributed by atoms with Gasteiger partial charge in [0.05, 0.1) is 0 Å². The fourth-order valence-corrected chi connectivity index (χ4v) is 2.28. The Morgan fingerprint density at radius 1 is 0.905 bits per heavy atom. The largest absolute Gasteiger partial charge is 0.504 e. The Hall–Kier alpha value is -3.01. The molecule has 4 nitrogen and oxygen atoms in total. The second-order valence-corrected chi connectivity index (χ2v) is 4.72. The van der Waals surface area contributed by atoms with E-state index in [0.717, 1.165) is 10.8 Å². The molecule has 0 radical (unpaired) electrons. The fourth-order valence-electron chi connectivity index (χ4n) is 2.28. The van der Waals surface area contributed by atoms with Gasteiger partial charge >= 0.3 is 6.08 Å². The van der Waals surface area contributed by atoms with Gasteiger partial charge in [-0.1, -0.05) is 36.4 Å². The first kappa shape index (κ1) is 11.8. The van der Waals surface area contributed by atoms with Gasteiger partial charge in [-0.25, -0.2) is 0 Å². The highest BCUT2D eigenvalue weighted by molar-refractivity contribution is 5.86. The standard InChI is InChI=1S/C17H11NO3/c19-14-9-11-5-1-2-6-12(11)10-16(14)21-17-18-13-7-3-4-8-15(13)20-17/h1-10,19H. The lowest BCUT2D eigenvalue weighted by Gasteiger charge is -2.05. The Balaban J connectivity index is 1.77. The SMILES string of the molecule is Oc1cc2ccccc2cc1Oc1nc2ccccc2o1. The number of oxazole rings is 1. The molecule has 102 valence electrons. The summed E-state index contributed by atoms with van der Waals surface area (Å²) in [6, 6.07) is 18.6. The van der Waals surface area contributed by atoms with Crippen molar-refractivity contribution in [2.75, 3.05) is 0 Å². The van der Waals surface area contributed by atoms with E-state index in [9.17, 15) is 5.11 Å². The maximum absolute atomic E-state index is 10.1. The van der Waals surface area contributed by atoms with Crippen molar-refractivity contribution >= 4 is 21.9 Å². The first-order valence-electron chi connectivity index (χ1n) is 6.55. The molecule has 0 unspecified atom stereocenters. The summed E-state index contributed by atoms with van der Waals surface area (Å²) in [7, 11) is 0. The molecular weight excluding hydrogens is 266 g/mol. The van der Waals surface area contributed by atoms with Crippen LogP contribution in [-0.2, 0) is 0 Å². The van der Waals surface area contributed by atoms with Crippen LogP contribution in [0.1, 0.15) is 0 Å². The minimum Gasteiger partial charge on any atom is -0.504 e. The molecule has 1 N–H and O–H groups in total. The number of nitrogens with zero attached hydrogens (tertiary/aromatic N) is 1. The Morgan fingerprint density at radius 2 is 1.62 bits per heavy atom. The van der Waals surface area contributed by atoms with Crippen molar-refractivity contribution in [2.45, 2.75) is 0 Å². The third-order valence-corrected chi connectivity index (χ3v) is 3.30. The highest BCUT2D eigenvalue weighted by Crippen LogP contribution is 2.35. The van der Waals surface area contributed by atoms with Gasteiger partial charge in [0, 0.05) is 0 Å². The quantitative estimate of drug-likeness (QED) is 0.587. The number of hydrogen-bond donors (Lipinski definition) is 1. The average molecular weight is 277 g/mol. The molecule has 0 aliphatic heterocycles. The third-order valence-electron chi connectivity index (χ3n) is 3.30. The average Bonchev–Trinajstić information content (AvgIpc) is 2.90. The van der Waals surface area contributed by atoms with Crippen LogP contribution in [0.15, 0.2) is 65.1 Å². The minimum atomic E-state index is 0.0518. The van der Waals surface area contributed by atoms with Gasteiger partial charge in [-0.3, -0.25) is 0 Å². The molecule has 0 spiro atoms. The van der Waals surface area contributed by atoms with Crippen LogP contribution in [0.4, 0.5) is 0 Å². The maximum atomic E-state index is 10.1. The maximum Gasteiger partial charge on any atom is 0.400 e. The van der Waals surface area contributed by atoms with Crippen LogP contribution in [0.5, 0.6) is 17.6 Å². The fraction of sp³-hybridized carbons (Fsp3) is 0. The topological polar surface area (TPSA) is 55.5 Å². The lowest BCUT2D eigenvalue weighted by Crippen LogP contribution is -1.85. The number of aromatic hydroxyl groups is 1. The van der Waals surface area contributed by atoms with Gasteiger partial charge in [-0.15, -0.1) is 0 Å². The van der Waals surface area contributed by atoms with Crippen LogP contribution < -0.4 is 4.74 Å². The van der Waals surface area contributed by atoms with Crippen molar-refractivity contribution in [3.63, 3.8) is 0 Å². The Kier molecular flexibility index (Phi) is 2.54. The summed E-state index contributed by atoms with van der Waals surface area (Å²) in [4.78, 5) is 4.23. The zero-order valence-corrected chi connectivity index (χ0v) is 11.0. The molecule has 1 heterocycles. The molecule has 0 atom stereocenters. The molecular formula is C17H11NO3. The number of fused-ring (bicyclic) bond motifs is 2. The number of rotatable bonds is 2. The summed E-state index contributed by atoms with van der Waals surface area (Å²) in [5.74, 6) is 0.371. The summed E-state index contributed by atoms with van der Waals surface area (Å²) >= 11 is 0. The lowest BCUT2D eigenvalue weighted by atomic mass is 10.1. The lowest BCUT2D eigenvalue weighted by molar-refractivity contribution is 0.326. The number of benzene rings is 3. The molecule has 3 aromatic carbocycles. The van der Waals surface area contributed by atoms with E-state index >= 15 is 0 Å². The highest BCUT2D eigenvalue weighted by atomic mass is 16.6. The highest BCUT2D eigenvalue weighted by Gasteiger charge is 2.11. The molecule has 21 heavy (non-hydrogen) atoms. The number of hydrogen-bond acceptors (Lipinski definition) is 4. The zero-order chi connectivity index (χ0) is 14.2. The van der Waals surface area contributed by atoms with Crippen molar-refractivity contribution in [3.8, 4) is 17.6 Å². The van der Waals surface area contributed by atoms with Crippen LogP contribution in [0.2, 0.25) is 0 Å². The van der Waals surface area contributed by atoms with E-state index in [-0.39, 0.29) is 11.8 Å². The van der Waals surface area contributed by atoms with Gasteiger partial charge in [0.2, 0.25) is 0 Å². The first-order valence-corrected chi connectivity index (χ1v) is 6.55. The van der Waals surface area contributed by atoms with Gasteiger partial charge in [-0.2, -0.15) is 4.98 Å². The summed E-state index contributed by atoms with van der Waals surface area (Å²) in [6.07, 6.45) is 0.113. The monoisotopic (exact) mass is 277 g/mol. The van der Waals surface area contributed by atoms with E-state index in [0.29, 0.717) is 16.8 Å². The number of aromatic nitrogens is 1. The van der Waals surface area contributed by atoms with Crippen molar-refractivity contribution in [1.82, 2.24) is 4.98 Å². The van der Waals surface area contributed by atoms with Gasteiger partial charge in [0.15, 0.2) is 17.1 Å². The summed E-state index contributed by atoms with van der Waals surface area (Å²) in [5.41, 5.74) is 1.36. The number of phenolic OH excluding ortho intramolecular Hbond substituents is 1. The molecule has 4 rings (SSSR count). The van der Waals surface area contributed by atoms with E-state index in [2.05, 4.69) is 4.98 Å². The molecule has 4 aromatic rings. The molecule has 0 saturated carbocycles. The molecule has 1 aromatic heterocycles. The van der Waals surface area contributed by atoms with Gasteiger partial charge in [0.1, 0.15) is 5.52 Å². The van der Waals surface area contributed by atoms with E-state index in [1.807, 2.05) is 48.5 Å². The molecule has 0 aliphatic carbocycles. The summed E-state index contributed by atoms with van der Waals surface area (Å²) in [6.45, 7) is 0. The van der Waals surface area contributed by atoms with Crippen LogP contribution in [0, 0.1) is 0 Å². The smallest absolute Gasteiger partial charge is 0.400 e. The van der Waals surface area contributed by atoms with Crippen LogP contribution in [-0.4, -0.2) is 10.1 Å². The zero-order valence-electron chi connectivity index (χ0n) is 11.0. The van der Waals surface area contributed by atoms with E-state index < -0.39 is 0 Å². The van der Waals surface area contributed by atoms with Gasteiger partial charge in [-0.05, 0) is 35.0 Å². The molecule has 0 amide bonds. The van der Waals surface area contributed by atoms with Crippen LogP contribution >= 0.6 is 0 Å². The molecule has 0 saturated heterocycles. The summed E-state index contributed by atoms with van der Waals surface area (Å²) < 4.78 is 11.1. The molecule has 0 aliphatic rings. The van der Waals surface area contributed by atoms with Crippen molar-refractivity contribution in [1.29, 1.82) is 0 Å². The van der Waals surface area contributed by atoms with Crippen LogP contribution in [0.25, 0.3) is 21.9 Å². The number of ether oxygens (including phenoxy) is 1. The predicted molar refractivity (Wildman–Crippen MR) is 79.7 cm³/mol. The van der Waals surface area contributed by atoms with Crippen molar-refractivity contribution in [2.24, 2.45) is 0 Å². The predicted octanol–water partition coefficient (Wildman–Crippen LogP) is 4.48. The molecule has 0 fully saturated rings. The Bertz CT molecular complexity index is 910. The van der Waals surface area contributed by atoms with E-state index in [4.69, 9.17) is 9.15 Å². The second kappa shape index (κ2) is 4.52. The Labute approximate surface area is 120 Å². The minimum absolute atomic E-state index is 0.0518. The van der Waals surface area contributed by atoms with E-state index in [1.165, 1.54) is 0 Å². The number of para-hydroxylation sites is 2. The van der Waals surface area contributed by atoms with Crippen LogP contribution in [0.3, 0.4) is 0 Å². The Morgan fingerprint density at radius 3 is 2.43 bits per heavy atom.